The smallest absolute Gasteiger partial charge is 0.321 e. The number of likely N-dealkylation sites (N-methyl/N-ethyl adjacent to an activating group) is 1. The van der Waals surface area contributed by atoms with E-state index in [-0.39, 0.29) is 5.25 Å². The molecule has 0 aliphatic carbocycles. The van der Waals surface area contributed by atoms with Crippen molar-refractivity contribution in [2.24, 2.45) is 5.92 Å². The minimum atomic E-state index is -0.755. The van der Waals surface area contributed by atoms with Crippen LogP contribution in [0.5, 0.6) is 0 Å². The Kier molecular flexibility index (Phi) is 6.16. The molecule has 0 aromatic rings. The van der Waals surface area contributed by atoms with Gasteiger partial charge in [-0.25, -0.2) is 0 Å². The van der Waals surface area contributed by atoms with E-state index in [1.165, 1.54) is 0 Å². The van der Waals surface area contributed by atoms with Gasteiger partial charge in [0.2, 0.25) is 0 Å². The molecule has 0 heterocycles. The van der Waals surface area contributed by atoms with Crippen molar-refractivity contribution in [3.8, 4) is 0 Å². The van der Waals surface area contributed by atoms with Crippen LogP contribution in [0.2, 0.25) is 0 Å². The van der Waals surface area contributed by atoms with Gasteiger partial charge in [0.15, 0.2) is 0 Å². The predicted octanol–water partition coefficient (Wildman–Crippen LogP) is 1.44. The SMILES string of the molecule is CCNC(C(=O)O)C(SC)C(C)C. The number of carboxylic acid groups (broad SMARTS) is 1. The monoisotopic (exact) mass is 205 g/mol. The number of thioether (sulfide) groups is 1. The average molecular weight is 205 g/mol. The van der Waals surface area contributed by atoms with Crippen LogP contribution in [0.3, 0.4) is 0 Å². The molecule has 0 saturated heterocycles. The van der Waals surface area contributed by atoms with Crippen LogP contribution in [0.4, 0.5) is 0 Å². The highest BCUT2D eigenvalue weighted by Gasteiger charge is 2.28. The summed E-state index contributed by atoms with van der Waals surface area (Å²) in [4.78, 5) is 10.9. The molecule has 2 N–H and O–H groups in total. The maximum absolute atomic E-state index is 10.9. The van der Waals surface area contributed by atoms with E-state index in [9.17, 15) is 4.79 Å². The van der Waals surface area contributed by atoms with Gasteiger partial charge in [-0.15, -0.1) is 0 Å². The second-order valence-corrected chi connectivity index (χ2v) is 4.33. The molecule has 0 radical (unpaired) electrons. The van der Waals surface area contributed by atoms with Crippen LogP contribution in [-0.4, -0.2) is 35.2 Å². The highest BCUT2D eigenvalue weighted by Crippen LogP contribution is 2.20. The first-order valence-electron chi connectivity index (χ1n) is 4.53. The van der Waals surface area contributed by atoms with E-state index in [1.807, 2.05) is 13.2 Å². The molecule has 0 spiro atoms. The molecule has 0 aromatic heterocycles. The average Bonchev–Trinajstić information content (AvgIpc) is 2.03. The lowest BCUT2D eigenvalue weighted by molar-refractivity contribution is -0.139. The topological polar surface area (TPSA) is 49.3 Å². The molecule has 2 unspecified atom stereocenters. The van der Waals surface area contributed by atoms with Crippen molar-refractivity contribution in [2.45, 2.75) is 32.1 Å². The van der Waals surface area contributed by atoms with Gasteiger partial charge in [-0.1, -0.05) is 20.8 Å². The summed E-state index contributed by atoms with van der Waals surface area (Å²) in [5.74, 6) is -0.384. The standard InChI is InChI=1S/C9H19NO2S/c1-5-10-7(9(11)12)8(13-4)6(2)3/h6-8,10H,5H2,1-4H3,(H,11,12). The van der Waals surface area contributed by atoms with Crippen LogP contribution in [0.1, 0.15) is 20.8 Å². The Balaban J connectivity index is 4.38. The summed E-state index contributed by atoms with van der Waals surface area (Å²) >= 11 is 1.61. The molecule has 0 aromatic carbocycles. The third kappa shape index (κ3) is 4.00. The van der Waals surface area contributed by atoms with E-state index < -0.39 is 12.0 Å². The van der Waals surface area contributed by atoms with Crippen LogP contribution in [0.25, 0.3) is 0 Å². The second-order valence-electron chi connectivity index (χ2n) is 3.32. The summed E-state index contributed by atoms with van der Waals surface area (Å²) in [6.45, 7) is 6.72. The van der Waals surface area contributed by atoms with Crippen molar-refractivity contribution >= 4 is 17.7 Å². The summed E-state index contributed by atoms with van der Waals surface area (Å²) in [6, 6.07) is -0.431. The van der Waals surface area contributed by atoms with Crippen LogP contribution < -0.4 is 5.32 Å². The zero-order valence-electron chi connectivity index (χ0n) is 8.70. The summed E-state index contributed by atoms with van der Waals surface area (Å²) in [7, 11) is 0. The lowest BCUT2D eigenvalue weighted by atomic mass is 10.0. The maximum atomic E-state index is 10.9. The summed E-state index contributed by atoms with van der Waals surface area (Å²) in [6.07, 6.45) is 1.96. The molecule has 2 atom stereocenters. The third-order valence-corrected chi connectivity index (χ3v) is 3.31. The summed E-state index contributed by atoms with van der Waals surface area (Å²) < 4.78 is 0. The Labute approximate surface area is 84.3 Å². The van der Waals surface area contributed by atoms with Crippen molar-refractivity contribution in [1.82, 2.24) is 5.32 Å². The predicted molar refractivity (Wildman–Crippen MR) is 57.2 cm³/mol. The zero-order valence-corrected chi connectivity index (χ0v) is 9.52. The summed E-state index contributed by atoms with van der Waals surface area (Å²) in [5, 5.41) is 12.1. The van der Waals surface area contributed by atoms with Gasteiger partial charge in [-0.05, 0) is 18.7 Å². The van der Waals surface area contributed by atoms with Crippen LogP contribution >= 0.6 is 11.8 Å². The van der Waals surface area contributed by atoms with Gasteiger partial charge in [0.1, 0.15) is 6.04 Å². The van der Waals surface area contributed by atoms with Crippen molar-refractivity contribution in [3.05, 3.63) is 0 Å². The first-order valence-corrected chi connectivity index (χ1v) is 5.82. The molecule has 0 bridgehead atoms. The molecule has 13 heavy (non-hydrogen) atoms. The van der Waals surface area contributed by atoms with Crippen LogP contribution in [-0.2, 0) is 4.79 Å². The Morgan fingerprint density at radius 3 is 2.31 bits per heavy atom. The third-order valence-electron chi connectivity index (χ3n) is 1.95. The van der Waals surface area contributed by atoms with Gasteiger partial charge >= 0.3 is 5.97 Å². The van der Waals surface area contributed by atoms with Crippen LogP contribution in [0, 0.1) is 5.92 Å². The minimum Gasteiger partial charge on any atom is -0.480 e. The molecule has 4 heteroatoms. The molecule has 0 aliphatic rings. The number of hydrogen-bond donors (Lipinski definition) is 2. The molecular formula is C9H19NO2S. The number of carboxylic acids is 1. The first-order chi connectivity index (χ1) is 6.04. The fourth-order valence-corrected chi connectivity index (χ4v) is 2.39. The highest BCUT2D eigenvalue weighted by molar-refractivity contribution is 7.99. The van der Waals surface area contributed by atoms with Gasteiger partial charge < -0.3 is 10.4 Å². The number of hydrogen-bond acceptors (Lipinski definition) is 3. The van der Waals surface area contributed by atoms with Crippen LogP contribution in [0.15, 0.2) is 0 Å². The zero-order chi connectivity index (χ0) is 10.4. The Morgan fingerprint density at radius 2 is 2.08 bits per heavy atom. The Hall–Kier alpha value is -0.220. The fraction of sp³-hybridized carbons (Fsp3) is 0.889. The number of aliphatic carboxylic acids is 1. The maximum Gasteiger partial charge on any atom is 0.321 e. The van der Waals surface area contributed by atoms with Gasteiger partial charge in [-0.2, -0.15) is 11.8 Å². The van der Waals surface area contributed by atoms with E-state index in [4.69, 9.17) is 5.11 Å². The van der Waals surface area contributed by atoms with Gasteiger partial charge in [-0.3, -0.25) is 4.79 Å². The molecule has 0 aliphatic heterocycles. The summed E-state index contributed by atoms with van der Waals surface area (Å²) in [5.41, 5.74) is 0. The van der Waals surface area contributed by atoms with Gasteiger partial charge in [0, 0.05) is 5.25 Å². The number of rotatable bonds is 6. The number of nitrogens with one attached hydrogen (secondary N) is 1. The van der Waals surface area contributed by atoms with Crippen molar-refractivity contribution in [3.63, 3.8) is 0 Å². The molecule has 0 rings (SSSR count). The quantitative estimate of drug-likeness (QED) is 0.689. The highest BCUT2D eigenvalue weighted by atomic mass is 32.2. The van der Waals surface area contributed by atoms with Crippen molar-refractivity contribution in [2.75, 3.05) is 12.8 Å². The fourth-order valence-electron chi connectivity index (χ4n) is 1.36. The van der Waals surface area contributed by atoms with Gasteiger partial charge in [0.25, 0.3) is 0 Å². The minimum absolute atomic E-state index is 0.137. The van der Waals surface area contributed by atoms with E-state index in [2.05, 4.69) is 19.2 Å². The lowest BCUT2D eigenvalue weighted by Gasteiger charge is -2.25. The number of carbonyl (C=O) groups is 1. The molecule has 78 valence electrons. The largest absolute Gasteiger partial charge is 0.480 e. The van der Waals surface area contributed by atoms with E-state index in [0.717, 1.165) is 0 Å². The Bertz CT molecular complexity index is 162. The molecule has 0 saturated carbocycles. The van der Waals surface area contributed by atoms with E-state index in [1.54, 1.807) is 11.8 Å². The van der Waals surface area contributed by atoms with E-state index >= 15 is 0 Å². The molecular weight excluding hydrogens is 186 g/mol. The first kappa shape index (κ1) is 12.8. The molecule has 3 nitrogen and oxygen atoms in total. The molecule has 0 amide bonds. The van der Waals surface area contributed by atoms with Crippen molar-refractivity contribution < 1.29 is 9.90 Å². The van der Waals surface area contributed by atoms with Crippen molar-refractivity contribution in [1.29, 1.82) is 0 Å². The Morgan fingerprint density at radius 1 is 1.54 bits per heavy atom. The molecule has 0 fully saturated rings. The van der Waals surface area contributed by atoms with Gasteiger partial charge in [0.05, 0.1) is 0 Å². The van der Waals surface area contributed by atoms with E-state index in [0.29, 0.717) is 12.5 Å². The lowest BCUT2D eigenvalue weighted by Crippen LogP contribution is -2.46. The second kappa shape index (κ2) is 6.27. The normalized spacial score (nSPS) is 15.8.